The average molecular weight is 312 g/mol. The van der Waals surface area contributed by atoms with Crippen LogP contribution in [0.5, 0.6) is 0 Å². The Morgan fingerprint density at radius 3 is 2.70 bits per heavy atom. The van der Waals surface area contributed by atoms with Gasteiger partial charge in [-0.15, -0.1) is 5.10 Å². The van der Waals surface area contributed by atoms with Gasteiger partial charge in [-0.25, -0.2) is 14.6 Å². The quantitative estimate of drug-likeness (QED) is 0.757. The van der Waals surface area contributed by atoms with Crippen molar-refractivity contribution < 1.29 is 0 Å². The van der Waals surface area contributed by atoms with E-state index in [1.165, 1.54) is 28.3 Å². The van der Waals surface area contributed by atoms with Gasteiger partial charge in [0.1, 0.15) is 12.1 Å². The molecule has 4 heterocycles. The summed E-state index contributed by atoms with van der Waals surface area (Å²) in [7, 11) is 0. The minimum Gasteiger partial charge on any atom is -0.356 e. The van der Waals surface area contributed by atoms with Gasteiger partial charge in [-0.3, -0.25) is 9.89 Å². The summed E-state index contributed by atoms with van der Waals surface area (Å²) >= 11 is 0. The highest BCUT2D eigenvalue weighted by molar-refractivity contribution is 5.44. The fourth-order valence-electron chi connectivity index (χ4n) is 2.79. The Morgan fingerprint density at radius 2 is 1.91 bits per heavy atom. The number of hydrogen-bond acceptors (Lipinski definition) is 6. The predicted molar refractivity (Wildman–Crippen MR) is 83.0 cm³/mol. The van der Waals surface area contributed by atoms with E-state index in [1.807, 2.05) is 6.07 Å². The molecular weight excluding hydrogens is 296 g/mol. The molecule has 1 aliphatic rings. The van der Waals surface area contributed by atoms with Crippen LogP contribution in [0.1, 0.15) is 19.3 Å². The summed E-state index contributed by atoms with van der Waals surface area (Å²) < 4.78 is 2.80. The third-order valence-electron chi connectivity index (χ3n) is 3.97. The van der Waals surface area contributed by atoms with Crippen LogP contribution in [0.4, 0.5) is 5.82 Å². The SMILES string of the molecule is O=c1c(-n2ccnn2)c[nH]n1-c1cc(N2CCCCC2)ncn1. The highest BCUT2D eigenvalue weighted by atomic mass is 16.1. The maximum Gasteiger partial charge on any atom is 0.298 e. The van der Waals surface area contributed by atoms with Gasteiger partial charge in [-0.1, -0.05) is 5.21 Å². The Bertz CT molecular complexity index is 844. The van der Waals surface area contributed by atoms with E-state index in [0.29, 0.717) is 11.5 Å². The second-order valence-corrected chi connectivity index (χ2v) is 5.43. The number of piperidine rings is 1. The van der Waals surface area contributed by atoms with Gasteiger partial charge in [0, 0.05) is 19.2 Å². The largest absolute Gasteiger partial charge is 0.356 e. The van der Waals surface area contributed by atoms with Crippen molar-refractivity contribution >= 4 is 5.82 Å². The normalized spacial score (nSPS) is 15.0. The van der Waals surface area contributed by atoms with Gasteiger partial charge >= 0.3 is 0 Å². The van der Waals surface area contributed by atoms with Crippen LogP contribution in [0.25, 0.3) is 11.5 Å². The van der Waals surface area contributed by atoms with Crippen molar-refractivity contribution in [3.8, 4) is 11.5 Å². The number of aromatic amines is 1. The molecule has 0 amide bonds. The monoisotopic (exact) mass is 312 g/mol. The maximum absolute atomic E-state index is 12.5. The Kier molecular flexibility index (Phi) is 3.37. The zero-order chi connectivity index (χ0) is 15.6. The molecule has 1 aliphatic heterocycles. The molecule has 0 atom stereocenters. The van der Waals surface area contributed by atoms with Gasteiger partial charge in [0.05, 0.1) is 18.6 Å². The molecule has 0 radical (unpaired) electrons. The van der Waals surface area contributed by atoms with Crippen LogP contribution in [0.2, 0.25) is 0 Å². The highest BCUT2D eigenvalue weighted by Crippen LogP contribution is 2.18. The zero-order valence-electron chi connectivity index (χ0n) is 12.5. The van der Waals surface area contributed by atoms with Crippen LogP contribution in [-0.2, 0) is 0 Å². The Morgan fingerprint density at radius 1 is 1.09 bits per heavy atom. The second-order valence-electron chi connectivity index (χ2n) is 5.43. The van der Waals surface area contributed by atoms with Crippen molar-refractivity contribution in [2.75, 3.05) is 18.0 Å². The lowest BCUT2D eigenvalue weighted by Gasteiger charge is -2.27. The first-order valence-corrected chi connectivity index (χ1v) is 7.57. The van der Waals surface area contributed by atoms with Crippen molar-refractivity contribution in [3.63, 3.8) is 0 Å². The minimum atomic E-state index is -0.237. The summed E-state index contributed by atoms with van der Waals surface area (Å²) in [5.41, 5.74) is 0.152. The van der Waals surface area contributed by atoms with Gasteiger partial charge in [0.15, 0.2) is 11.5 Å². The molecule has 1 fully saturated rings. The fourth-order valence-corrected chi connectivity index (χ4v) is 2.79. The number of nitrogens with zero attached hydrogens (tertiary/aromatic N) is 7. The Balaban J connectivity index is 1.70. The van der Waals surface area contributed by atoms with E-state index in [0.717, 1.165) is 31.7 Å². The number of nitrogens with one attached hydrogen (secondary N) is 1. The Hall–Kier alpha value is -2.97. The first-order chi connectivity index (χ1) is 11.3. The number of anilines is 1. The number of H-pyrrole nitrogens is 1. The smallest absolute Gasteiger partial charge is 0.298 e. The van der Waals surface area contributed by atoms with Crippen molar-refractivity contribution in [3.05, 3.63) is 41.3 Å². The fraction of sp³-hybridized carbons (Fsp3) is 0.357. The summed E-state index contributed by atoms with van der Waals surface area (Å²) in [6.45, 7) is 1.97. The summed E-state index contributed by atoms with van der Waals surface area (Å²) in [6.07, 6.45) is 9.80. The van der Waals surface area contributed by atoms with Crippen molar-refractivity contribution in [1.82, 2.24) is 34.7 Å². The van der Waals surface area contributed by atoms with Gasteiger partial charge in [0.25, 0.3) is 5.56 Å². The molecule has 118 valence electrons. The molecule has 1 N–H and O–H groups in total. The molecule has 9 nitrogen and oxygen atoms in total. The second kappa shape index (κ2) is 5.67. The first kappa shape index (κ1) is 13.7. The molecule has 0 spiro atoms. The van der Waals surface area contributed by atoms with E-state index >= 15 is 0 Å². The molecular formula is C14H16N8O. The molecule has 0 aromatic carbocycles. The molecule has 4 rings (SSSR count). The maximum atomic E-state index is 12.5. The first-order valence-electron chi connectivity index (χ1n) is 7.57. The molecule has 0 bridgehead atoms. The lowest BCUT2D eigenvalue weighted by molar-refractivity contribution is 0.572. The third-order valence-corrected chi connectivity index (χ3v) is 3.97. The molecule has 0 unspecified atom stereocenters. The lowest BCUT2D eigenvalue weighted by Crippen LogP contribution is -2.30. The van der Waals surface area contributed by atoms with E-state index in [2.05, 4.69) is 30.3 Å². The van der Waals surface area contributed by atoms with Crippen LogP contribution in [0.15, 0.2) is 35.8 Å². The predicted octanol–water partition coefficient (Wildman–Crippen LogP) is 0.527. The molecule has 9 heteroatoms. The Labute approximate surface area is 131 Å². The van der Waals surface area contributed by atoms with Crippen LogP contribution in [-0.4, -0.2) is 47.8 Å². The van der Waals surface area contributed by atoms with Crippen LogP contribution < -0.4 is 10.5 Å². The third kappa shape index (κ3) is 2.50. The van der Waals surface area contributed by atoms with E-state index in [9.17, 15) is 4.79 Å². The number of aromatic nitrogens is 7. The molecule has 3 aromatic heterocycles. The average Bonchev–Trinajstić information content (AvgIpc) is 3.25. The zero-order valence-corrected chi connectivity index (χ0v) is 12.5. The van der Waals surface area contributed by atoms with Gasteiger partial charge in [-0.2, -0.15) is 4.68 Å². The minimum absolute atomic E-state index is 0.237. The number of hydrogen-bond donors (Lipinski definition) is 1. The molecule has 1 saturated heterocycles. The summed E-state index contributed by atoms with van der Waals surface area (Å²) in [4.78, 5) is 23.3. The van der Waals surface area contributed by atoms with E-state index in [4.69, 9.17) is 0 Å². The van der Waals surface area contributed by atoms with E-state index < -0.39 is 0 Å². The van der Waals surface area contributed by atoms with Crippen molar-refractivity contribution in [2.45, 2.75) is 19.3 Å². The van der Waals surface area contributed by atoms with Gasteiger partial charge in [-0.05, 0) is 19.3 Å². The standard InChI is InChI=1S/C14H16N8O/c23-14-11(21-7-4-17-19-21)9-18-22(14)13-8-12(15-10-16-13)20-5-2-1-3-6-20/h4,7-10,18H,1-3,5-6H2. The molecule has 0 saturated carbocycles. The summed E-state index contributed by atoms with van der Waals surface area (Å²) in [6, 6.07) is 1.83. The van der Waals surface area contributed by atoms with Crippen molar-refractivity contribution in [2.24, 2.45) is 0 Å². The van der Waals surface area contributed by atoms with Crippen LogP contribution in [0, 0.1) is 0 Å². The van der Waals surface area contributed by atoms with Crippen LogP contribution in [0.3, 0.4) is 0 Å². The summed E-state index contributed by atoms with van der Waals surface area (Å²) in [5, 5.41) is 10.5. The summed E-state index contributed by atoms with van der Waals surface area (Å²) in [5.74, 6) is 1.36. The van der Waals surface area contributed by atoms with Crippen molar-refractivity contribution in [1.29, 1.82) is 0 Å². The lowest BCUT2D eigenvalue weighted by atomic mass is 10.1. The van der Waals surface area contributed by atoms with Gasteiger partial charge in [0.2, 0.25) is 0 Å². The molecule has 3 aromatic rings. The highest BCUT2D eigenvalue weighted by Gasteiger charge is 2.15. The number of rotatable bonds is 3. The molecule has 0 aliphatic carbocycles. The van der Waals surface area contributed by atoms with Gasteiger partial charge < -0.3 is 4.90 Å². The molecule has 23 heavy (non-hydrogen) atoms. The van der Waals surface area contributed by atoms with Crippen LogP contribution >= 0.6 is 0 Å². The van der Waals surface area contributed by atoms with E-state index in [1.54, 1.807) is 12.4 Å². The van der Waals surface area contributed by atoms with E-state index in [-0.39, 0.29) is 5.56 Å². The topological polar surface area (TPSA) is 97.5 Å².